The number of hydrogen-bond donors (Lipinski definition) is 1. The fraction of sp³-hybridized carbons (Fsp3) is 0.318. The van der Waals surface area contributed by atoms with E-state index in [1.54, 1.807) is 0 Å². The van der Waals surface area contributed by atoms with Crippen LogP contribution in [0.4, 0.5) is 5.82 Å². The number of hydrogen-bond acceptors (Lipinski definition) is 2. The van der Waals surface area contributed by atoms with Gasteiger partial charge in [-0.25, -0.2) is 4.98 Å². The maximum atomic E-state index is 4.85. The highest BCUT2D eigenvalue weighted by atomic mass is 15.1. The molecule has 0 saturated heterocycles. The highest BCUT2D eigenvalue weighted by Gasteiger charge is 2.17. The molecule has 0 bridgehead atoms. The van der Waals surface area contributed by atoms with Crippen molar-refractivity contribution in [1.29, 1.82) is 0 Å². The second kappa shape index (κ2) is 7.14. The first-order valence-corrected chi connectivity index (χ1v) is 9.28. The zero-order valence-corrected chi connectivity index (χ0v) is 14.8. The molecule has 0 amide bonds. The summed E-state index contributed by atoms with van der Waals surface area (Å²) in [7, 11) is 0. The first kappa shape index (κ1) is 15.9. The summed E-state index contributed by atoms with van der Waals surface area (Å²) in [6.45, 7) is 2.13. The summed E-state index contributed by atoms with van der Waals surface area (Å²) in [6.07, 6.45) is 13.0. The van der Waals surface area contributed by atoms with Crippen molar-refractivity contribution in [2.75, 3.05) is 5.32 Å². The highest BCUT2D eigenvalue weighted by Crippen LogP contribution is 2.26. The SMILES string of the molecule is Cc1ccc2nc(/C=C/c3ccccc3)c(NC3CCCCC3)n2c1. The molecule has 4 rings (SSSR count). The number of nitrogens with zero attached hydrogens (tertiary/aromatic N) is 2. The number of pyridine rings is 1. The fourth-order valence-electron chi connectivity index (χ4n) is 3.61. The van der Waals surface area contributed by atoms with E-state index in [9.17, 15) is 0 Å². The van der Waals surface area contributed by atoms with Gasteiger partial charge in [0.1, 0.15) is 17.2 Å². The molecule has 1 aliphatic rings. The Balaban J connectivity index is 1.71. The van der Waals surface area contributed by atoms with Crippen LogP contribution in [0.1, 0.15) is 48.9 Å². The van der Waals surface area contributed by atoms with E-state index < -0.39 is 0 Å². The smallest absolute Gasteiger partial charge is 0.139 e. The molecule has 2 heterocycles. The van der Waals surface area contributed by atoms with E-state index in [1.807, 2.05) is 6.07 Å². The summed E-state index contributed by atoms with van der Waals surface area (Å²) in [6, 6.07) is 15.2. The average Bonchev–Trinajstić information content (AvgIpc) is 2.99. The van der Waals surface area contributed by atoms with Crippen LogP contribution in [0.5, 0.6) is 0 Å². The third kappa shape index (κ3) is 3.60. The van der Waals surface area contributed by atoms with Crippen molar-refractivity contribution in [2.45, 2.75) is 45.1 Å². The lowest BCUT2D eigenvalue weighted by Gasteiger charge is -2.24. The molecule has 0 unspecified atom stereocenters. The van der Waals surface area contributed by atoms with E-state index >= 15 is 0 Å². The van der Waals surface area contributed by atoms with Gasteiger partial charge in [0, 0.05) is 12.2 Å². The van der Waals surface area contributed by atoms with Crippen molar-refractivity contribution in [3.63, 3.8) is 0 Å². The number of fused-ring (bicyclic) bond motifs is 1. The predicted octanol–water partition coefficient (Wildman–Crippen LogP) is 5.56. The Morgan fingerprint density at radius 3 is 2.60 bits per heavy atom. The molecule has 1 saturated carbocycles. The number of nitrogens with one attached hydrogen (secondary N) is 1. The number of benzene rings is 1. The van der Waals surface area contributed by atoms with Crippen molar-refractivity contribution >= 4 is 23.6 Å². The Bertz CT molecular complexity index is 871. The van der Waals surface area contributed by atoms with Gasteiger partial charge >= 0.3 is 0 Å². The third-order valence-corrected chi connectivity index (χ3v) is 4.97. The molecular formula is C22H25N3. The maximum absolute atomic E-state index is 4.85. The van der Waals surface area contributed by atoms with Gasteiger partial charge in [-0.15, -0.1) is 0 Å². The quantitative estimate of drug-likeness (QED) is 0.678. The van der Waals surface area contributed by atoms with Gasteiger partial charge < -0.3 is 5.32 Å². The summed E-state index contributed by atoms with van der Waals surface area (Å²) in [5.74, 6) is 1.12. The zero-order chi connectivity index (χ0) is 17.1. The van der Waals surface area contributed by atoms with Crippen LogP contribution in [-0.2, 0) is 0 Å². The molecule has 2 aromatic heterocycles. The predicted molar refractivity (Wildman–Crippen MR) is 106 cm³/mol. The van der Waals surface area contributed by atoms with E-state index in [-0.39, 0.29) is 0 Å². The number of imidazole rings is 1. The van der Waals surface area contributed by atoms with Crippen LogP contribution in [-0.4, -0.2) is 15.4 Å². The molecule has 1 N–H and O–H groups in total. The summed E-state index contributed by atoms with van der Waals surface area (Å²) >= 11 is 0. The van der Waals surface area contributed by atoms with Crippen LogP contribution >= 0.6 is 0 Å². The van der Waals surface area contributed by atoms with Crippen LogP contribution in [0.2, 0.25) is 0 Å². The second-order valence-electron chi connectivity index (χ2n) is 7.00. The van der Waals surface area contributed by atoms with Crippen LogP contribution in [0.3, 0.4) is 0 Å². The topological polar surface area (TPSA) is 29.3 Å². The molecule has 1 aromatic carbocycles. The molecule has 0 spiro atoms. The molecule has 1 aliphatic carbocycles. The lowest BCUT2D eigenvalue weighted by molar-refractivity contribution is 0.461. The molecule has 0 radical (unpaired) electrons. The van der Waals surface area contributed by atoms with Crippen molar-refractivity contribution < 1.29 is 0 Å². The monoisotopic (exact) mass is 331 g/mol. The molecule has 3 nitrogen and oxygen atoms in total. The third-order valence-electron chi connectivity index (χ3n) is 4.97. The molecular weight excluding hydrogens is 306 g/mol. The van der Waals surface area contributed by atoms with Crippen LogP contribution in [0.15, 0.2) is 48.7 Å². The Kier molecular flexibility index (Phi) is 4.55. The van der Waals surface area contributed by atoms with Gasteiger partial charge in [0.05, 0.1) is 0 Å². The number of anilines is 1. The molecule has 0 atom stereocenters. The van der Waals surface area contributed by atoms with Crippen molar-refractivity contribution in [2.24, 2.45) is 0 Å². The normalized spacial score (nSPS) is 15.9. The largest absolute Gasteiger partial charge is 0.367 e. The fourth-order valence-corrected chi connectivity index (χ4v) is 3.61. The molecule has 1 fully saturated rings. The van der Waals surface area contributed by atoms with Crippen molar-refractivity contribution in [3.8, 4) is 0 Å². The standard InChI is InChI=1S/C22H25N3/c1-17-12-15-21-24-20(14-13-18-8-4-2-5-9-18)22(25(21)16-17)23-19-10-6-3-7-11-19/h2,4-5,8-9,12-16,19,23H,3,6-7,10-11H2,1H3/b14-13+. The second-order valence-corrected chi connectivity index (χ2v) is 7.00. The van der Waals surface area contributed by atoms with Gasteiger partial charge in [-0.1, -0.05) is 61.7 Å². The maximum Gasteiger partial charge on any atom is 0.139 e. The molecule has 3 aromatic rings. The lowest BCUT2D eigenvalue weighted by Crippen LogP contribution is -2.23. The zero-order valence-electron chi connectivity index (χ0n) is 14.8. The van der Waals surface area contributed by atoms with Gasteiger partial charge in [-0.2, -0.15) is 0 Å². The summed E-state index contributed by atoms with van der Waals surface area (Å²) in [4.78, 5) is 4.85. The molecule has 25 heavy (non-hydrogen) atoms. The van der Waals surface area contributed by atoms with Crippen LogP contribution in [0, 0.1) is 6.92 Å². The van der Waals surface area contributed by atoms with Crippen LogP contribution < -0.4 is 5.32 Å². The van der Waals surface area contributed by atoms with E-state index in [0.717, 1.165) is 17.2 Å². The Hall–Kier alpha value is -2.55. The Labute approximate surface area is 149 Å². The lowest BCUT2D eigenvalue weighted by atomic mass is 9.95. The summed E-state index contributed by atoms with van der Waals surface area (Å²) in [5.41, 5.74) is 4.45. The van der Waals surface area contributed by atoms with Gasteiger partial charge in [-0.3, -0.25) is 4.40 Å². The molecule has 0 aliphatic heterocycles. The van der Waals surface area contributed by atoms with Gasteiger partial charge in [-0.05, 0) is 43.0 Å². The first-order valence-electron chi connectivity index (χ1n) is 9.28. The van der Waals surface area contributed by atoms with Crippen LogP contribution in [0.25, 0.3) is 17.8 Å². The Morgan fingerprint density at radius 2 is 1.80 bits per heavy atom. The minimum atomic E-state index is 0.554. The minimum absolute atomic E-state index is 0.554. The number of aryl methyl sites for hydroxylation is 1. The van der Waals surface area contributed by atoms with E-state index in [0.29, 0.717) is 6.04 Å². The molecule has 128 valence electrons. The Morgan fingerprint density at radius 1 is 1.00 bits per heavy atom. The van der Waals surface area contributed by atoms with E-state index in [2.05, 4.69) is 71.4 Å². The van der Waals surface area contributed by atoms with E-state index in [1.165, 1.54) is 43.2 Å². The number of aromatic nitrogens is 2. The van der Waals surface area contributed by atoms with Crippen molar-refractivity contribution in [1.82, 2.24) is 9.38 Å². The van der Waals surface area contributed by atoms with E-state index in [4.69, 9.17) is 4.98 Å². The first-order chi connectivity index (χ1) is 12.3. The summed E-state index contributed by atoms with van der Waals surface area (Å²) < 4.78 is 2.20. The minimum Gasteiger partial charge on any atom is -0.367 e. The summed E-state index contributed by atoms with van der Waals surface area (Å²) in [5, 5.41) is 3.79. The van der Waals surface area contributed by atoms with Gasteiger partial charge in [0.2, 0.25) is 0 Å². The number of rotatable bonds is 4. The van der Waals surface area contributed by atoms with Gasteiger partial charge in [0.25, 0.3) is 0 Å². The average molecular weight is 331 g/mol. The highest BCUT2D eigenvalue weighted by molar-refractivity contribution is 5.76. The van der Waals surface area contributed by atoms with Gasteiger partial charge in [0.15, 0.2) is 0 Å². The van der Waals surface area contributed by atoms with Crippen molar-refractivity contribution in [3.05, 3.63) is 65.5 Å². The molecule has 3 heteroatoms.